The minimum absolute atomic E-state index is 0.0160. The number of aromatic hydroxyl groups is 1. The summed E-state index contributed by atoms with van der Waals surface area (Å²) < 4.78 is 11.1. The van der Waals surface area contributed by atoms with E-state index < -0.39 is 11.9 Å². The lowest BCUT2D eigenvalue weighted by Gasteiger charge is -2.09. The third-order valence-electron chi connectivity index (χ3n) is 2.84. The zero-order valence-electron chi connectivity index (χ0n) is 15.0. The van der Waals surface area contributed by atoms with E-state index in [9.17, 15) is 19.5 Å². The number of para-hydroxylation sites is 1. The van der Waals surface area contributed by atoms with Crippen molar-refractivity contribution in [2.75, 3.05) is 14.1 Å². The summed E-state index contributed by atoms with van der Waals surface area (Å²) in [4.78, 5) is 34.0. The fourth-order valence-corrected chi connectivity index (χ4v) is 1.64. The maximum Gasteiger partial charge on any atom is 0.414 e. The molecule has 0 aliphatic carbocycles. The molecule has 1 aromatic carbocycles. The van der Waals surface area contributed by atoms with E-state index in [1.165, 1.54) is 17.0 Å². The zero-order chi connectivity index (χ0) is 19.7. The lowest BCUT2D eigenvalue weighted by atomic mass is 10.2. The second-order valence-electron chi connectivity index (χ2n) is 5.37. The summed E-state index contributed by atoms with van der Waals surface area (Å²) >= 11 is 0. The molecular formula is C18H21N2O6+. The van der Waals surface area contributed by atoms with Crippen LogP contribution >= 0.6 is 0 Å². The number of rotatable bonds is 2. The van der Waals surface area contributed by atoms with Gasteiger partial charge in [0.1, 0.15) is 18.4 Å². The van der Waals surface area contributed by atoms with Gasteiger partial charge in [0.05, 0.1) is 0 Å². The van der Waals surface area contributed by atoms with Crippen molar-refractivity contribution in [1.82, 2.24) is 4.90 Å². The number of benzene rings is 1. The lowest BCUT2D eigenvalue weighted by molar-refractivity contribution is -0.671. The van der Waals surface area contributed by atoms with E-state index in [0.717, 1.165) is 6.92 Å². The van der Waals surface area contributed by atoms with Gasteiger partial charge in [-0.1, -0.05) is 12.1 Å². The summed E-state index contributed by atoms with van der Waals surface area (Å²) in [6.45, 7) is 1.12. The number of pyridine rings is 1. The van der Waals surface area contributed by atoms with Crippen molar-refractivity contribution < 1.29 is 33.5 Å². The van der Waals surface area contributed by atoms with Crippen LogP contribution in [0.4, 0.5) is 4.79 Å². The Labute approximate surface area is 151 Å². The minimum atomic E-state index is -0.842. The molecule has 0 atom stereocenters. The fraction of sp³-hybridized carbons (Fsp3) is 0.222. The lowest BCUT2D eigenvalue weighted by Crippen LogP contribution is -2.29. The average molecular weight is 361 g/mol. The fourth-order valence-electron chi connectivity index (χ4n) is 1.64. The van der Waals surface area contributed by atoms with Crippen LogP contribution in [-0.4, -0.2) is 42.1 Å². The van der Waals surface area contributed by atoms with Gasteiger partial charge >= 0.3 is 18.0 Å². The van der Waals surface area contributed by atoms with Crippen LogP contribution in [0.2, 0.25) is 0 Å². The molecule has 8 nitrogen and oxygen atoms in total. The van der Waals surface area contributed by atoms with Crippen LogP contribution in [0.15, 0.2) is 48.8 Å². The van der Waals surface area contributed by atoms with E-state index in [4.69, 9.17) is 4.74 Å². The minimum Gasteiger partial charge on any atom is -0.507 e. The normalized spacial score (nSPS) is 9.38. The zero-order valence-corrected chi connectivity index (χ0v) is 15.0. The van der Waals surface area contributed by atoms with Crippen LogP contribution in [0.1, 0.15) is 17.3 Å². The number of phenols is 1. The highest BCUT2D eigenvalue weighted by atomic mass is 16.6. The predicted molar refractivity (Wildman–Crippen MR) is 91.5 cm³/mol. The Morgan fingerprint density at radius 1 is 1.08 bits per heavy atom. The van der Waals surface area contributed by atoms with Gasteiger partial charge in [-0.15, -0.1) is 0 Å². The van der Waals surface area contributed by atoms with Crippen LogP contribution in [0.25, 0.3) is 0 Å². The molecule has 0 radical (unpaired) electrons. The molecule has 2 aromatic rings. The summed E-state index contributed by atoms with van der Waals surface area (Å²) in [6, 6.07) is 9.41. The molecule has 0 bridgehead atoms. The van der Waals surface area contributed by atoms with Gasteiger partial charge in [0.2, 0.25) is 6.20 Å². The van der Waals surface area contributed by atoms with Crippen molar-refractivity contribution in [2.24, 2.45) is 7.05 Å². The smallest absolute Gasteiger partial charge is 0.414 e. The number of carbonyl (C=O) groups is 3. The molecule has 26 heavy (non-hydrogen) atoms. The van der Waals surface area contributed by atoms with Crippen LogP contribution < -0.4 is 9.30 Å². The number of aryl methyl sites for hydroxylation is 1. The molecular weight excluding hydrogens is 340 g/mol. The largest absolute Gasteiger partial charge is 0.507 e. The molecule has 0 aliphatic heterocycles. The number of hydrogen-bond acceptors (Lipinski definition) is 6. The number of amides is 1. The molecule has 138 valence electrons. The Morgan fingerprint density at radius 3 is 2.27 bits per heavy atom. The number of carbonyl (C=O) groups excluding carboxylic acids is 3. The Bertz CT molecular complexity index is 789. The van der Waals surface area contributed by atoms with Crippen molar-refractivity contribution in [1.29, 1.82) is 0 Å². The van der Waals surface area contributed by atoms with Gasteiger partial charge in [0.15, 0.2) is 11.9 Å². The highest BCUT2D eigenvalue weighted by Gasteiger charge is 2.13. The summed E-state index contributed by atoms with van der Waals surface area (Å²) in [5.74, 6) is -1.20. The molecule has 1 aromatic heterocycles. The Morgan fingerprint density at radius 2 is 1.73 bits per heavy atom. The Hall–Kier alpha value is -3.42. The van der Waals surface area contributed by atoms with E-state index in [2.05, 4.69) is 4.74 Å². The molecule has 8 heteroatoms. The number of ether oxygens (including phenoxy) is 2. The first-order valence-corrected chi connectivity index (χ1v) is 7.56. The van der Waals surface area contributed by atoms with Crippen molar-refractivity contribution in [3.8, 4) is 11.5 Å². The van der Waals surface area contributed by atoms with Crippen LogP contribution in [0.5, 0.6) is 11.5 Å². The number of phenolic OH excluding ortho intramolecular Hbond substituents is 1. The predicted octanol–water partition coefficient (Wildman–Crippen LogP) is 1.67. The number of hydrogen-bond donors (Lipinski definition) is 1. The third kappa shape index (κ3) is 7.00. The Kier molecular flexibility index (Phi) is 7.75. The summed E-state index contributed by atoms with van der Waals surface area (Å²) in [7, 11) is 5.16. The van der Waals surface area contributed by atoms with E-state index in [0.29, 0.717) is 5.75 Å². The van der Waals surface area contributed by atoms with Gasteiger partial charge < -0.3 is 19.5 Å². The molecule has 0 aliphatic rings. The second kappa shape index (κ2) is 9.77. The molecule has 1 N–H and O–H groups in total. The highest BCUT2D eigenvalue weighted by Crippen LogP contribution is 2.16. The van der Waals surface area contributed by atoms with Gasteiger partial charge in [0.25, 0.3) is 0 Å². The SMILES string of the molecule is CC(=O)OC(=O)c1ccccc1O.CN(C)C(=O)Oc1ccc[n+](C)c1. The first-order valence-electron chi connectivity index (χ1n) is 7.56. The summed E-state index contributed by atoms with van der Waals surface area (Å²) in [6.07, 6.45) is 3.24. The molecule has 0 spiro atoms. The van der Waals surface area contributed by atoms with Crippen molar-refractivity contribution >= 4 is 18.0 Å². The van der Waals surface area contributed by atoms with Crippen molar-refractivity contribution in [3.05, 3.63) is 54.4 Å². The molecule has 0 fully saturated rings. The van der Waals surface area contributed by atoms with Gasteiger partial charge in [-0.2, -0.15) is 0 Å². The van der Waals surface area contributed by atoms with Crippen molar-refractivity contribution in [2.45, 2.75) is 6.92 Å². The second-order valence-corrected chi connectivity index (χ2v) is 5.37. The molecule has 0 unspecified atom stereocenters. The third-order valence-corrected chi connectivity index (χ3v) is 2.84. The van der Waals surface area contributed by atoms with Crippen LogP contribution in [0.3, 0.4) is 0 Å². The van der Waals surface area contributed by atoms with Gasteiger partial charge in [-0.3, -0.25) is 4.79 Å². The van der Waals surface area contributed by atoms with Gasteiger partial charge in [-0.05, 0) is 18.2 Å². The topological polar surface area (TPSA) is 97.0 Å². The van der Waals surface area contributed by atoms with E-state index in [1.54, 1.807) is 38.5 Å². The number of esters is 2. The summed E-state index contributed by atoms with van der Waals surface area (Å²) in [5, 5.41) is 9.18. The molecule has 2 rings (SSSR count). The number of nitrogens with zero attached hydrogens (tertiary/aromatic N) is 2. The summed E-state index contributed by atoms with van der Waals surface area (Å²) in [5.41, 5.74) is -0.0160. The van der Waals surface area contributed by atoms with Crippen LogP contribution in [0, 0.1) is 0 Å². The molecule has 1 heterocycles. The maximum atomic E-state index is 11.1. The first-order chi connectivity index (χ1) is 12.2. The highest BCUT2D eigenvalue weighted by molar-refractivity contribution is 5.98. The van der Waals surface area contributed by atoms with E-state index in [-0.39, 0.29) is 17.4 Å². The maximum absolute atomic E-state index is 11.1. The number of aromatic nitrogens is 1. The van der Waals surface area contributed by atoms with Gasteiger partial charge in [-0.25, -0.2) is 14.2 Å². The van der Waals surface area contributed by atoms with Gasteiger partial charge in [0, 0.05) is 27.1 Å². The van der Waals surface area contributed by atoms with E-state index in [1.807, 2.05) is 23.9 Å². The average Bonchev–Trinajstić information content (AvgIpc) is 2.55. The monoisotopic (exact) mass is 361 g/mol. The molecule has 0 saturated carbocycles. The standard InChI is InChI=1S/C9H13N2O2.C9H8O4/c1-10(2)9(12)13-8-5-4-6-11(3)7-8;1-6(10)13-9(12)7-4-2-3-5-8(7)11/h4-7H,1-3H3;2-5,11H,1H3/q+1;. The quantitative estimate of drug-likeness (QED) is 0.496. The van der Waals surface area contributed by atoms with Crippen molar-refractivity contribution in [3.63, 3.8) is 0 Å². The van der Waals surface area contributed by atoms with Crippen LogP contribution in [-0.2, 0) is 16.6 Å². The molecule has 1 amide bonds. The molecule has 0 saturated heterocycles. The van der Waals surface area contributed by atoms with E-state index >= 15 is 0 Å². The first kappa shape index (κ1) is 20.6. The Balaban J connectivity index is 0.000000260.